The molecule has 27 heavy (non-hydrogen) atoms. The summed E-state index contributed by atoms with van der Waals surface area (Å²) in [5, 5.41) is 9.08. The molecule has 0 N–H and O–H groups in total. The molecule has 0 radical (unpaired) electrons. The standard InChI is InChI=1S/C22H23N3O2/c1-3-11-24(16-19-8-6-7-18(14-19)15-23)12-13-25-20-9-4-5-10-21(20)27-17(2)22(25)26/h3-10,14,17H,1,11-13,16H2,2H3. The van der Waals surface area contributed by atoms with Gasteiger partial charge in [0.25, 0.3) is 5.91 Å². The smallest absolute Gasteiger partial charge is 0.267 e. The van der Waals surface area contributed by atoms with Crippen molar-refractivity contribution in [1.29, 1.82) is 5.26 Å². The van der Waals surface area contributed by atoms with Crippen molar-refractivity contribution in [3.63, 3.8) is 0 Å². The Labute approximate surface area is 160 Å². The Morgan fingerprint density at radius 3 is 2.89 bits per heavy atom. The van der Waals surface area contributed by atoms with Gasteiger partial charge in [0.2, 0.25) is 0 Å². The van der Waals surface area contributed by atoms with Gasteiger partial charge in [-0.25, -0.2) is 0 Å². The Balaban J connectivity index is 1.73. The highest BCUT2D eigenvalue weighted by Crippen LogP contribution is 2.33. The minimum Gasteiger partial charge on any atom is -0.479 e. The van der Waals surface area contributed by atoms with Crippen LogP contribution >= 0.6 is 0 Å². The molecule has 138 valence electrons. The summed E-state index contributed by atoms with van der Waals surface area (Å²) >= 11 is 0. The van der Waals surface area contributed by atoms with E-state index in [9.17, 15) is 4.79 Å². The van der Waals surface area contributed by atoms with Crippen molar-refractivity contribution in [1.82, 2.24) is 4.90 Å². The summed E-state index contributed by atoms with van der Waals surface area (Å²) in [5.41, 5.74) is 2.53. The Hall–Kier alpha value is -3.10. The average Bonchev–Trinajstić information content (AvgIpc) is 2.68. The molecule has 0 saturated heterocycles. The molecule has 3 rings (SSSR count). The van der Waals surface area contributed by atoms with Gasteiger partial charge >= 0.3 is 0 Å². The number of carbonyl (C=O) groups excluding carboxylic acids is 1. The fourth-order valence-electron chi connectivity index (χ4n) is 3.25. The van der Waals surface area contributed by atoms with Crippen molar-refractivity contribution in [2.75, 3.05) is 24.5 Å². The zero-order valence-electron chi connectivity index (χ0n) is 15.5. The fraction of sp³-hybridized carbons (Fsp3) is 0.273. The highest BCUT2D eigenvalue weighted by Gasteiger charge is 2.31. The number of hydrogen-bond donors (Lipinski definition) is 0. The van der Waals surface area contributed by atoms with E-state index in [2.05, 4.69) is 17.5 Å². The van der Waals surface area contributed by atoms with Crippen molar-refractivity contribution < 1.29 is 9.53 Å². The van der Waals surface area contributed by atoms with E-state index < -0.39 is 6.10 Å². The molecule has 0 spiro atoms. The number of carbonyl (C=O) groups is 1. The molecule has 1 atom stereocenters. The Bertz CT molecular complexity index is 872. The van der Waals surface area contributed by atoms with E-state index in [1.807, 2.05) is 48.5 Å². The van der Waals surface area contributed by atoms with Crippen LogP contribution in [-0.4, -0.2) is 36.5 Å². The van der Waals surface area contributed by atoms with Gasteiger partial charge in [-0.1, -0.05) is 30.3 Å². The summed E-state index contributed by atoms with van der Waals surface area (Å²) in [6.45, 7) is 8.26. The number of ether oxygens (including phenoxy) is 1. The number of hydrogen-bond acceptors (Lipinski definition) is 4. The summed E-state index contributed by atoms with van der Waals surface area (Å²) in [6, 6.07) is 17.4. The quantitative estimate of drug-likeness (QED) is 0.710. The maximum Gasteiger partial charge on any atom is 0.267 e. The van der Waals surface area contributed by atoms with E-state index in [1.54, 1.807) is 17.9 Å². The van der Waals surface area contributed by atoms with Gasteiger partial charge in [-0.3, -0.25) is 9.69 Å². The molecule has 1 unspecified atom stereocenters. The van der Waals surface area contributed by atoms with Crippen molar-refractivity contribution in [2.45, 2.75) is 19.6 Å². The number of benzene rings is 2. The van der Waals surface area contributed by atoms with Crippen molar-refractivity contribution in [3.8, 4) is 11.8 Å². The monoisotopic (exact) mass is 361 g/mol. The van der Waals surface area contributed by atoms with Gasteiger partial charge < -0.3 is 9.64 Å². The number of nitriles is 1. The minimum atomic E-state index is -0.486. The predicted octanol–water partition coefficient (Wildman–Crippen LogP) is 3.36. The Kier molecular flexibility index (Phi) is 5.90. The second kappa shape index (κ2) is 8.52. The lowest BCUT2D eigenvalue weighted by Crippen LogP contribution is -2.47. The molecule has 1 heterocycles. The van der Waals surface area contributed by atoms with Crippen LogP contribution in [-0.2, 0) is 11.3 Å². The third kappa shape index (κ3) is 4.36. The van der Waals surface area contributed by atoms with E-state index in [0.29, 0.717) is 31.7 Å². The van der Waals surface area contributed by atoms with Gasteiger partial charge in [0, 0.05) is 26.2 Å². The third-order valence-electron chi connectivity index (χ3n) is 4.56. The molecule has 5 nitrogen and oxygen atoms in total. The van der Waals surface area contributed by atoms with Gasteiger partial charge in [0.05, 0.1) is 17.3 Å². The molecule has 0 aromatic heterocycles. The van der Waals surface area contributed by atoms with Crippen LogP contribution in [0.25, 0.3) is 0 Å². The number of nitrogens with zero attached hydrogens (tertiary/aromatic N) is 3. The zero-order chi connectivity index (χ0) is 19.2. The summed E-state index contributed by atoms with van der Waals surface area (Å²) in [5.74, 6) is 0.709. The van der Waals surface area contributed by atoms with E-state index in [4.69, 9.17) is 10.00 Å². The lowest BCUT2D eigenvalue weighted by molar-refractivity contribution is -0.125. The molecule has 5 heteroatoms. The van der Waals surface area contributed by atoms with Crippen molar-refractivity contribution in [2.24, 2.45) is 0 Å². The molecule has 0 bridgehead atoms. The second-order valence-electron chi connectivity index (χ2n) is 6.55. The van der Waals surface area contributed by atoms with Crippen LogP contribution in [0.2, 0.25) is 0 Å². The molecule has 1 aliphatic heterocycles. The molecule has 2 aromatic rings. The molecule has 1 amide bonds. The van der Waals surface area contributed by atoms with Crippen molar-refractivity contribution in [3.05, 3.63) is 72.3 Å². The number of rotatable bonds is 7. The van der Waals surface area contributed by atoms with Crippen LogP contribution < -0.4 is 9.64 Å². The van der Waals surface area contributed by atoms with Crippen LogP contribution in [0.15, 0.2) is 61.2 Å². The molecule has 1 aliphatic rings. The van der Waals surface area contributed by atoms with Crippen LogP contribution in [0.3, 0.4) is 0 Å². The van der Waals surface area contributed by atoms with E-state index in [1.165, 1.54) is 0 Å². The first-order valence-electron chi connectivity index (χ1n) is 9.01. The predicted molar refractivity (Wildman–Crippen MR) is 106 cm³/mol. The lowest BCUT2D eigenvalue weighted by Gasteiger charge is -2.34. The average molecular weight is 361 g/mol. The molecule has 0 aliphatic carbocycles. The van der Waals surface area contributed by atoms with Gasteiger partial charge in [-0.2, -0.15) is 5.26 Å². The van der Waals surface area contributed by atoms with Crippen LogP contribution in [0.1, 0.15) is 18.1 Å². The van der Waals surface area contributed by atoms with Crippen LogP contribution in [0.4, 0.5) is 5.69 Å². The topological polar surface area (TPSA) is 56.6 Å². The maximum absolute atomic E-state index is 12.6. The number of anilines is 1. The van der Waals surface area contributed by atoms with Gasteiger partial charge in [-0.05, 0) is 36.8 Å². The number of para-hydroxylation sites is 2. The van der Waals surface area contributed by atoms with Crippen molar-refractivity contribution >= 4 is 11.6 Å². The number of fused-ring (bicyclic) bond motifs is 1. The first-order chi connectivity index (χ1) is 13.1. The molecular weight excluding hydrogens is 338 g/mol. The summed E-state index contributed by atoms with van der Waals surface area (Å²) in [4.78, 5) is 16.6. The molecule has 2 aromatic carbocycles. The second-order valence-corrected chi connectivity index (χ2v) is 6.55. The third-order valence-corrected chi connectivity index (χ3v) is 4.56. The summed E-state index contributed by atoms with van der Waals surface area (Å²) in [7, 11) is 0. The highest BCUT2D eigenvalue weighted by molar-refractivity contribution is 5.99. The Morgan fingerprint density at radius 1 is 1.30 bits per heavy atom. The largest absolute Gasteiger partial charge is 0.479 e. The lowest BCUT2D eigenvalue weighted by atomic mass is 10.1. The van der Waals surface area contributed by atoms with Gasteiger partial charge in [0.1, 0.15) is 5.75 Å². The van der Waals surface area contributed by atoms with E-state index in [-0.39, 0.29) is 5.91 Å². The normalized spacial score (nSPS) is 15.8. The van der Waals surface area contributed by atoms with E-state index >= 15 is 0 Å². The Morgan fingerprint density at radius 2 is 2.11 bits per heavy atom. The zero-order valence-corrected chi connectivity index (χ0v) is 15.5. The van der Waals surface area contributed by atoms with Crippen LogP contribution in [0, 0.1) is 11.3 Å². The SMILES string of the molecule is C=CCN(CCN1C(=O)C(C)Oc2ccccc21)Cc1cccc(C#N)c1. The number of amides is 1. The first kappa shape index (κ1) is 18.7. The first-order valence-corrected chi connectivity index (χ1v) is 9.01. The van der Waals surface area contributed by atoms with E-state index in [0.717, 1.165) is 17.0 Å². The maximum atomic E-state index is 12.6. The molecule has 0 saturated carbocycles. The van der Waals surface area contributed by atoms with Gasteiger partial charge in [-0.15, -0.1) is 6.58 Å². The highest BCUT2D eigenvalue weighted by atomic mass is 16.5. The molecule has 0 fully saturated rings. The summed E-state index contributed by atoms with van der Waals surface area (Å²) in [6.07, 6.45) is 1.37. The minimum absolute atomic E-state index is 0.0290. The summed E-state index contributed by atoms with van der Waals surface area (Å²) < 4.78 is 5.70. The van der Waals surface area contributed by atoms with Gasteiger partial charge in [0.15, 0.2) is 6.10 Å². The van der Waals surface area contributed by atoms with Crippen LogP contribution in [0.5, 0.6) is 5.75 Å². The molecular formula is C22H23N3O2. The fourth-order valence-corrected chi connectivity index (χ4v) is 3.25.